The van der Waals surface area contributed by atoms with Crippen LogP contribution in [0.4, 0.5) is 0 Å². The molecule has 0 N–H and O–H groups in total. The van der Waals surface area contributed by atoms with Crippen LogP contribution in [0.3, 0.4) is 0 Å². The number of hydrogen-bond acceptors (Lipinski definition) is 1. The molecule has 1 aliphatic carbocycles. The number of ketones is 1. The van der Waals surface area contributed by atoms with Gasteiger partial charge >= 0.3 is 0 Å². The normalized spacial score (nSPS) is 14.8. The lowest BCUT2D eigenvalue weighted by atomic mass is 9.91. The van der Waals surface area contributed by atoms with Gasteiger partial charge in [-0.2, -0.15) is 0 Å². The molecule has 1 aromatic carbocycles. The molecule has 0 fully saturated rings. The third-order valence-electron chi connectivity index (χ3n) is 2.13. The highest BCUT2D eigenvalue weighted by molar-refractivity contribution is 6.09. The van der Waals surface area contributed by atoms with E-state index in [1.807, 2.05) is 36.4 Å². The van der Waals surface area contributed by atoms with E-state index >= 15 is 0 Å². The third kappa shape index (κ3) is 1.18. The monoisotopic (exact) mass is 158 g/mol. The molecule has 0 unspecified atom stereocenters. The van der Waals surface area contributed by atoms with Crippen LogP contribution in [-0.2, 0) is 0 Å². The molecule has 1 aromatic rings. The Labute approximate surface area is 71.7 Å². The van der Waals surface area contributed by atoms with E-state index in [2.05, 4.69) is 0 Å². The van der Waals surface area contributed by atoms with Crippen molar-refractivity contribution in [2.24, 2.45) is 0 Å². The van der Waals surface area contributed by atoms with Gasteiger partial charge in [-0.05, 0) is 18.4 Å². The van der Waals surface area contributed by atoms with E-state index in [0.29, 0.717) is 0 Å². The van der Waals surface area contributed by atoms with Crippen LogP contribution in [0.5, 0.6) is 0 Å². The molecule has 0 amide bonds. The summed E-state index contributed by atoms with van der Waals surface area (Å²) in [5.74, 6) is 0.196. The molecule has 2 rings (SSSR count). The van der Waals surface area contributed by atoms with Crippen molar-refractivity contribution in [3.05, 3.63) is 47.5 Å². The van der Waals surface area contributed by atoms with Crippen LogP contribution in [0, 0.1) is 0 Å². The second-order valence-corrected chi connectivity index (χ2v) is 2.96. The van der Waals surface area contributed by atoms with Crippen LogP contribution in [0.1, 0.15) is 23.2 Å². The van der Waals surface area contributed by atoms with Crippen molar-refractivity contribution in [1.82, 2.24) is 0 Å². The summed E-state index contributed by atoms with van der Waals surface area (Å²) < 4.78 is 0. The number of carbonyl (C=O) groups is 1. The molecule has 1 nitrogen and oxygen atoms in total. The summed E-state index contributed by atoms with van der Waals surface area (Å²) in [7, 11) is 0. The molecule has 60 valence electrons. The third-order valence-corrected chi connectivity index (χ3v) is 2.13. The van der Waals surface area contributed by atoms with Gasteiger partial charge in [-0.15, -0.1) is 0 Å². The first-order valence-corrected chi connectivity index (χ1v) is 4.17. The van der Waals surface area contributed by atoms with Crippen LogP contribution < -0.4 is 0 Å². The summed E-state index contributed by atoms with van der Waals surface area (Å²) in [5.41, 5.74) is 1.78. The van der Waals surface area contributed by atoms with Gasteiger partial charge in [-0.25, -0.2) is 0 Å². The second kappa shape index (κ2) is 2.94. The molecule has 0 saturated heterocycles. The smallest absolute Gasteiger partial charge is 0.188 e. The van der Waals surface area contributed by atoms with Gasteiger partial charge in [0, 0.05) is 5.56 Å². The van der Waals surface area contributed by atoms with Gasteiger partial charge in [0.25, 0.3) is 0 Å². The Balaban J connectivity index is 2.26. The predicted molar refractivity (Wildman–Crippen MR) is 48.1 cm³/mol. The minimum absolute atomic E-state index is 0.196. The molecule has 12 heavy (non-hydrogen) atoms. The summed E-state index contributed by atoms with van der Waals surface area (Å²) >= 11 is 0. The zero-order valence-corrected chi connectivity index (χ0v) is 6.79. The fourth-order valence-corrected chi connectivity index (χ4v) is 1.27. The van der Waals surface area contributed by atoms with Crippen LogP contribution in [0.25, 0.3) is 0 Å². The Morgan fingerprint density at radius 2 is 1.83 bits per heavy atom. The molecule has 0 aromatic heterocycles. The molecular formula is C11H10O. The van der Waals surface area contributed by atoms with E-state index in [-0.39, 0.29) is 5.78 Å². The van der Waals surface area contributed by atoms with E-state index < -0.39 is 0 Å². The molecule has 0 saturated carbocycles. The molecule has 0 atom stereocenters. The van der Waals surface area contributed by atoms with Crippen LogP contribution >= 0.6 is 0 Å². The van der Waals surface area contributed by atoms with Gasteiger partial charge in [0.05, 0.1) is 0 Å². The molecule has 1 heteroatoms. The van der Waals surface area contributed by atoms with Crippen molar-refractivity contribution >= 4 is 5.78 Å². The lowest BCUT2D eigenvalue weighted by molar-refractivity contribution is 0.102. The van der Waals surface area contributed by atoms with E-state index in [0.717, 1.165) is 24.0 Å². The summed E-state index contributed by atoms with van der Waals surface area (Å²) in [5, 5.41) is 0. The maximum atomic E-state index is 11.6. The quantitative estimate of drug-likeness (QED) is 0.604. The number of hydrogen-bond donors (Lipinski definition) is 0. The fraction of sp³-hybridized carbons (Fsp3) is 0.182. The average molecular weight is 158 g/mol. The number of carbonyl (C=O) groups excluding carboxylic acids is 1. The predicted octanol–water partition coefficient (Wildman–Crippen LogP) is 2.59. The summed E-state index contributed by atoms with van der Waals surface area (Å²) in [4.78, 5) is 11.6. The number of rotatable bonds is 2. The number of allylic oxidation sites excluding steroid dienone is 2. The van der Waals surface area contributed by atoms with Gasteiger partial charge in [0.15, 0.2) is 5.78 Å². The van der Waals surface area contributed by atoms with E-state index in [4.69, 9.17) is 0 Å². The van der Waals surface area contributed by atoms with Crippen molar-refractivity contribution in [1.29, 1.82) is 0 Å². The Morgan fingerprint density at radius 1 is 1.17 bits per heavy atom. The Kier molecular flexibility index (Phi) is 1.78. The lowest BCUT2D eigenvalue weighted by Gasteiger charge is -2.12. The van der Waals surface area contributed by atoms with Gasteiger partial charge in [0.1, 0.15) is 0 Å². The Hall–Kier alpha value is -1.37. The molecular weight excluding hydrogens is 148 g/mol. The van der Waals surface area contributed by atoms with Crippen molar-refractivity contribution in [3.63, 3.8) is 0 Å². The van der Waals surface area contributed by atoms with Crippen LogP contribution in [-0.4, -0.2) is 5.78 Å². The van der Waals surface area contributed by atoms with E-state index in [9.17, 15) is 4.79 Å². The molecule has 0 aliphatic heterocycles. The van der Waals surface area contributed by atoms with Gasteiger partial charge in [-0.3, -0.25) is 4.79 Å². The first-order valence-electron chi connectivity index (χ1n) is 4.17. The Morgan fingerprint density at radius 3 is 2.33 bits per heavy atom. The zero-order valence-electron chi connectivity index (χ0n) is 6.79. The van der Waals surface area contributed by atoms with Crippen molar-refractivity contribution in [3.8, 4) is 0 Å². The first-order chi connectivity index (χ1) is 5.88. The van der Waals surface area contributed by atoms with Gasteiger partial charge < -0.3 is 0 Å². The Bertz CT molecular complexity index is 322. The number of benzene rings is 1. The minimum atomic E-state index is 0.196. The SMILES string of the molecule is O=C(C1=CCC1)c1ccccc1. The molecule has 0 spiro atoms. The molecule has 0 bridgehead atoms. The van der Waals surface area contributed by atoms with Gasteiger partial charge in [-0.1, -0.05) is 36.4 Å². The average Bonchev–Trinajstić information content (AvgIpc) is 2.03. The highest BCUT2D eigenvalue weighted by atomic mass is 16.1. The fourth-order valence-electron chi connectivity index (χ4n) is 1.27. The topological polar surface area (TPSA) is 17.1 Å². The van der Waals surface area contributed by atoms with Crippen molar-refractivity contribution in [2.45, 2.75) is 12.8 Å². The summed E-state index contributed by atoms with van der Waals surface area (Å²) in [6, 6.07) is 9.44. The largest absolute Gasteiger partial charge is 0.289 e. The highest BCUT2D eigenvalue weighted by Crippen LogP contribution is 2.21. The minimum Gasteiger partial charge on any atom is -0.289 e. The zero-order chi connectivity index (χ0) is 8.39. The summed E-state index contributed by atoms with van der Waals surface area (Å²) in [6.07, 6.45) is 4.02. The molecule has 0 heterocycles. The second-order valence-electron chi connectivity index (χ2n) is 2.96. The van der Waals surface area contributed by atoms with Crippen molar-refractivity contribution < 1.29 is 4.79 Å². The van der Waals surface area contributed by atoms with Crippen LogP contribution in [0.2, 0.25) is 0 Å². The van der Waals surface area contributed by atoms with Gasteiger partial charge in [0.2, 0.25) is 0 Å². The molecule has 0 radical (unpaired) electrons. The number of Topliss-reactive ketones (excluding diaryl/α,β-unsaturated/α-hetero) is 1. The summed E-state index contributed by atoms with van der Waals surface area (Å²) in [6.45, 7) is 0. The van der Waals surface area contributed by atoms with Crippen molar-refractivity contribution in [2.75, 3.05) is 0 Å². The van der Waals surface area contributed by atoms with Crippen LogP contribution in [0.15, 0.2) is 42.0 Å². The first kappa shape index (κ1) is 7.29. The lowest BCUT2D eigenvalue weighted by Crippen LogP contribution is -2.08. The van der Waals surface area contributed by atoms with E-state index in [1.54, 1.807) is 0 Å². The molecule has 1 aliphatic rings. The maximum absolute atomic E-state index is 11.6. The standard InChI is InChI=1S/C11H10O/c12-11(10-7-4-8-10)9-5-2-1-3-6-9/h1-3,5-7H,4,8H2. The maximum Gasteiger partial charge on any atom is 0.188 e. The van der Waals surface area contributed by atoms with E-state index in [1.165, 1.54) is 0 Å². The highest BCUT2D eigenvalue weighted by Gasteiger charge is 2.15.